The fraction of sp³-hybridized carbons (Fsp3) is 0.720. The van der Waals surface area contributed by atoms with Crippen LogP contribution in [0.15, 0.2) is 23.8 Å². The number of aliphatic hydroxyl groups is 2. The largest absolute Gasteiger partial charge is 0.466 e. The van der Waals surface area contributed by atoms with Crippen molar-refractivity contribution in [3.05, 3.63) is 23.8 Å². The van der Waals surface area contributed by atoms with Crippen molar-refractivity contribution in [3.8, 4) is 0 Å². The summed E-state index contributed by atoms with van der Waals surface area (Å²) in [5, 5.41) is 22.5. The predicted molar refractivity (Wildman–Crippen MR) is 133 cm³/mol. The molecular weight excluding hydrogens is 472 g/mol. The Morgan fingerprint density at radius 1 is 1.26 bits per heavy atom. The maximum absolute atomic E-state index is 12.1. The number of hydrogen-bond acceptors (Lipinski definition) is 9. The van der Waals surface area contributed by atoms with E-state index in [1.165, 1.54) is 26.2 Å². The molecular formula is C25H42O9Si. The van der Waals surface area contributed by atoms with E-state index >= 15 is 0 Å². The summed E-state index contributed by atoms with van der Waals surface area (Å²) in [7, 11) is -0.888. The number of carbonyl (C=O) groups is 3. The fourth-order valence-corrected chi connectivity index (χ4v) is 4.60. The molecule has 1 aliphatic heterocycles. The molecule has 9 nitrogen and oxygen atoms in total. The van der Waals surface area contributed by atoms with Crippen LogP contribution in [0.5, 0.6) is 0 Å². The van der Waals surface area contributed by atoms with Gasteiger partial charge in [0.1, 0.15) is 6.29 Å². The Kier molecular flexibility index (Phi) is 10.6. The molecule has 0 spiro atoms. The summed E-state index contributed by atoms with van der Waals surface area (Å²) < 4.78 is 22.4. The predicted octanol–water partition coefficient (Wildman–Crippen LogP) is 3.05. The van der Waals surface area contributed by atoms with Gasteiger partial charge in [-0.05, 0) is 36.2 Å². The van der Waals surface area contributed by atoms with Gasteiger partial charge in [-0.3, -0.25) is 9.59 Å². The van der Waals surface area contributed by atoms with Gasteiger partial charge in [0.15, 0.2) is 14.4 Å². The third-order valence-electron chi connectivity index (χ3n) is 6.78. The first-order valence-corrected chi connectivity index (χ1v) is 14.6. The van der Waals surface area contributed by atoms with Crippen molar-refractivity contribution in [1.82, 2.24) is 0 Å². The van der Waals surface area contributed by atoms with E-state index in [9.17, 15) is 24.6 Å². The number of rotatable bonds is 10. The van der Waals surface area contributed by atoms with Crippen molar-refractivity contribution in [3.63, 3.8) is 0 Å². The van der Waals surface area contributed by atoms with Crippen molar-refractivity contribution >= 4 is 26.5 Å². The zero-order chi connectivity index (χ0) is 27.2. The van der Waals surface area contributed by atoms with Crippen molar-refractivity contribution in [2.75, 3.05) is 13.7 Å². The Balaban J connectivity index is 3.34. The normalized spacial score (nSPS) is 26.0. The molecule has 1 aliphatic rings. The second-order valence-electron chi connectivity index (χ2n) is 11.1. The highest BCUT2D eigenvalue weighted by Gasteiger charge is 2.57. The van der Waals surface area contributed by atoms with E-state index in [4.69, 9.17) is 18.6 Å². The minimum absolute atomic E-state index is 0.0308. The number of methoxy groups -OCH3 is 1. The van der Waals surface area contributed by atoms with Gasteiger partial charge in [0, 0.05) is 24.8 Å². The maximum Gasteiger partial charge on any atom is 0.330 e. The van der Waals surface area contributed by atoms with E-state index in [2.05, 4.69) is 33.9 Å². The van der Waals surface area contributed by atoms with Crippen LogP contribution in [0.1, 0.15) is 54.4 Å². The first-order chi connectivity index (χ1) is 15.9. The molecule has 1 saturated heterocycles. The standard InChI is InChI=1S/C25H42O9Si/c1-17(27)33-22-18(14-21(29)31-7)13-20(34-25(22,30)24(5,6)11-10-12-26)15-19(28)16-32-35(8,9)23(2,3)4/h10-12,14,19-20,22,28,30H,13,15-16H2,1-9H3/b11-10+,18-14+. The highest BCUT2D eigenvalue weighted by Crippen LogP contribution is 2.46. The Labute approximate surface area is 209 Å². The Bertz CT molecular complexity index is 825. The lowest BCUT2D eigenvalue weighted by Crippen LogP contribution is -2.62. The van der Waals surface area contributed by atoms with E-state index in [1.54, 1.807) is 13.8 Å². The van der Waals surface area contributed by atoms with Crippen molar-refractivity contribution in [1.29, 1.82) is 0 Å². The molecule has 4 unspecified atom stereocenters. The van der Waals surface area contributed by atoms with Gasteiger partial charge in [0.05, 0.1) is 25.9 Å². The Hall–Kier alpha value is -1.85. The van der Waals surface area contributed by atoms with Gasteiger partial charge >= 0.3 is 11.9 Å². The van der Waals surface area contributed by atoms with Gasteiger partial charge in [-0.15, -0.1) is 0 Å². The molecule has 1 heterocycles. The summed E-state index contributed by atoms with van der Waals surface area (Å²) in [6, 6.07) is 0. The summed E-state index contributed by atoms with van der Waals surface area (Å²) in [5.74, 6) is -3.53. The van der Waals surface area contributed by atoms with Crippen LogP contribution < -0.4 is 0 Å². The molecule has 35 heavy (non-hydrogen) atoms. The van der Waals surface area contributed by atoms with Gasteiger partial charge in [-0.1, -0.05) is 40.7 Å². The third kappa shape index (κ3) is 8.08. The average molecular weight is 515 g/mol. The second-order valence-corrected chi connectivity index (χ2v) is 15.9. The number of aliphatic hydroxyl groups excluding tert-OH is 1. The fourth-order valence-electron chi connectivity index (χ4n) is 3.56. The van der Waals surface area contributed by atoms with Crippen LogP contribution in [0, 0.1) is 5.41 Å². The van der Waals surface area contributed by atoms with E-state index in [0.717, 1.165) is 6.08 Å². The van der Waals surface area contributed by atoms with Crippen molar-refractivity contribution < 1.29 is 43.2 Å². The lowest BCUT2D eigenvalue weighted by Gasteiger charge is -2.50. The van der Waals surface area contributed by atoms with Gasteiger partial charge in [0.25, 0.3) is 0 Å². The molecule has 2 N–H and O–H groups in total. The van der Waals surface area contributed by atoms with E-state index in [-0.39, 0.29) is 30.1 Å². The minimum atomic E-state index is -2.15. The van der Waals surface area contributed by atoms with Gasteiger partial charge < -0.3 is 28.8 Å². The van der Waals surface area contributed by atoms with Crippen LogP contribution in [0.4, 0.5) is 0 Å². The zero-order valence-corrected chi connectivity index (χ0v) is 23.4. The third-order valence-corrected chi connectivity index (χ3v) is 11.3. The topological polar surface area (TPSA) is 129 Å². The number of carbonyl (C=O) groups excluding carboxylic acids is 3. The molecule has 0 saturated carbocycles. The highest BCUT2D eigenvalue weighted by molar-refractivity contribution is 6.74. The molecule has 0 amide bonds. The van der Waals surface area contributed by atoms with Crippen molar-refractivity contribution in [2.24, 2.45) is 5.41 Å². The molecule has 1 rings (SSSR count). The average Bonchev–Trinajstić information content (AvgIpc) is 2.72. The Morgan fingerprint density at radius 2 is 1.86 bits per heavy atom. The molecule has 0 aliphatic carbocycles. The van der Waals surface area contributed by atoms with E-state index in [0.29, 0.717) is 6.29 Å². The first-order valence-electron chi connectivity index (χ1n) is 11.7. The lowest BCUT2D eigenvalue weighted by molar-refractivity contribution is -0.326. The van der Waals surface area contributed by atoms with Crippen LogP contribution in [0.2, 0.25) is 18.1 Å². The van der Waals surface area contributed by atoms with Gasteiger partial charge in [-0.25, -0.2) is 4.79 Å². The number of aldehydes is 1. The molecule has 4 atom stereocenters. The molecule has 0 aromatic carbocycles. The van der Waals surface area contributed by atoms with Crippen LogP contribution in [0.3, 0.4) is 0 Å². The summed E-state index contributed by atoms with van der Waals surface area (Å²) in [6.45, 7) is 15.0. The Morgan fingerprint density at radius 3 is 2.34 bits per heavy atom. The number of ether oxygens (including phenoxy) is 3. The number of allylic oxidation sites excluding steroid dienone is 1. The maximum atomic E-state index is 12.1. The van der Waals surface area contributed by atoms with Crippen LogP contribution in [0.25, 0.3) is 0 Å². The lowest BCUT2D eigenvalue weighted by atomic mass is 9.74. The quantitative estimate of drug-likeness (QED) is 0.196. The first kappa shape index (κ1) is 31.2. The zero-order valence-electron chi connectivity index (χ0n) is 22.4. The molecule has 0 aromatic rings. The van der Waals surface area contributed by atoms with Crippen molar-refractivity contribution in [2.45, 2.75) is 96.6 Å². The number of esters is 2. The molecule has 0 bridgehead atoms. The minimum Gasteiger partial charge on any atom is -0.466 e. The molecule has 1 fully saturated rings. The number of hydrogen-bond donors (Lipinski definition) is 2. The summed E-state index contributed by atoms with van der Waals surface area (Å²) >= 11 is 0. The SMILES string of the molecule is COC(=O)/C=C1\CC(CC(O)CO[Si](C)(C)C(C)(C)C)OC(O)(C(C)(C)/C=C/C=O)C1OC(C)=O. The van der Waals surface area contributed by atoms with Gasteiger partial charge in [0.2, 0.25) is 5.79 Å². The molecule has 200 valence electrons. The van der Waals surface area contributed by atoms with Crippen LogP contribution >= 0.6 is 0 Å². The van der Waals surface area contributed by atoms with Gasteiger partial charge in [-0.2, -0.15) is 0 Å². The smallest absolute Gasteiger partial charge is 0.330 e. The highest BCUT2D eigenvalue weighted by atomic mass is 28.4. The van der Waals surface area contributed by atoms with Crippen LogP contribution in [-0.2, 0) is 33.0 Å². The summed E-state index contributed by atoms with van der Waals surface area (Å²) in [6.07, 6.45) is 1.55. The molecule has 0 radical (unpaired) electrons. The van der Waals surface area contributed by atoms with E-state index < -0.39 is 49.8 Å². The summed E-state index contributed by atoms with van der Waals surface area (Å²) in [5.41, 5.74) is -0.958. The second kappa shape index (κ2) is 11.9. The molecule has 10 heteroatoms. The summed E-state index contributed by atoms with van der Waals surface area (Å²) in [4.78, 5) is 35.0. The van der Waals surface area contributed by atoms with Crippen LogP contribution in [-0.4, -0.2) is 74.6 Å². The molecule has 0 aromatic heterocycles. The van der Waals surface area contributed by atoms with E-state index in [1.807, 2.05) is 0 Å². The monoisotopic (exact) mass is 514 g/mol.